The first kappa shape index (κ1) is 16.6. The molecule has 0 saturated carbocycles. The smallest absolute Gasteiger partial charge is 0.00520 e. The number of rotatable bonds is 5. The minimum Gasteiger partial charge on any atom is -0.320 e. The molecule has 0 aromatic heterocycles. The molecule has 1 nitrogen and oxygen atoms in total. The van der Waals surface area contributed by atoms with Crippen LogP contribution >= 0.6 is 0 Å². The van der Waals surface area contributed by atoms with Crippen LogP contribution in [0.5, 0.6) is 0 Å². The fraction of sp³-hybridized carbons (Fsp3) is 0.571. The SMILES string of the molecule is C=C/C(C)=C\C=C(C)C.CCCCNC. The van der Waals surface area contributed by atoms with E-state index in [0.29, 0.717) is 0 Å². The molecule has 0 bridgehead atoms. The third-order valence-electron chi connectivity index (χ3n) is 1.78. The van der Waals surface area contributed by atoms with Gasteiger partial charge in [0, 0.05) is 0 Å². The molecule has 0 heterocycles. The second-order valence-electron chi connectivity index (χ2n) is 3.82. The molecule has 0 saturated heterocycles. The Labute approximate surface area is 96.0 Å². The fourth-order valence-corrected chi connectivity index (χ4v) is 0.720. The molecular weight excluding hydrogens is 182 g/mol. The van der Waals surface area contributed by atoms with E-state index in [9.17, 15) is 0 Å². The maximum Gasteiger partial charge on any atom is -0.00520 e. The largest absolute Gasteiger partial charge is 0.320 e. The van der Waals surface area contributed by atoms with Gasteiger partial charge >= 0.3 is 0 Å². The molecule has 0 aliphatic heterocycles. The van der Waals surface area contributed by atoms with Crippen LogP contribution < -0.4 is 5.32 Å². The number of hydrogen-bond donors (Lipinski definition) is 1. The summed E-state index contributed by atoms with van der Waals surface area (Å²) in [5.41, 5.74) is 2.52. The van der Waals surface area contributed by atoms with E-state index in [0.717, 1.165) is 6.54 Å². The van der Waals surface area contributed by atoms with Crippen molar-refractivity contribution in [1.82, 2.24) is 5.32 Å². The first-order valence-electron chi connectivity index (χ1n) is 5.67. The van der Waals surface area contributed by atoms with Crippen molar-refractivity contribution in [2.45, 2.75) is 40.5 Å². The second kappa shape index (κ2) is 13.2. The highest BCUT2D eigenvalue weighted by Gasteiger charge is 1.75. The molecule has 0 rings (SSSR count). The average Bonchev–Trinajstić information content (AvgIpc) is 2.23. The van der Waals surface area contributed by atoms with Gasteiger partial charge in [-0.2, -0.15) is 0 Å². The number of unbranched alkanes of at least 4 members (excludes halogenated alkanes) is 1. The zero-order chi connectivity index (χ0) is 12.1. The highest BCUT2D eigenvalue weighted by Crippen LogP contribution is 1.96. The van der Waals surface area contributed by atoms with E-state index < -0.39 is 0 Å². The van der Waals surface area contributed by atoms with Gasteiger partial charge in [-0.15, -0.1) is 0 Å². The van der Waals surface area contributed by atoms with Crippen molar-refractivity contribution >= 4 is 0 Å². The highest BCUT2D eigenvalue weighted by molar-refractivity contribution is 5.21. The zero-order valence-corrected chi connectivity index (χ0v) is 11.1. The van der Waals surface area contributed by atoms with Crippen LogP contribution in [0.25, 0.3) is 0 Å². The van der Waals surface area contributed by atoms with Crippen LogP contribution in [-0.4, -0.2) is 13.6 Å². The summed E-state index contributed by atoms with van der Waals surface area (Å²) < 4.78 is 0. The summed E-state index contributed by atoms with van der Waals surface area (Å²) in [7, 11) is 1.98. The van der Waals surface area contributed by atoms with E-state index in [-0.39, 0.29) is 0 Å². The number of allylic oxidation sites excluding steroid dienone is 5. The first-order valence-corrected chi connectivity index (χ1v) is 5.67. The standard InChI is InChI=1S/C9H14.C5H13N/c1-5-9(4)7-6-8(2)3;1-3-4-5-6-2/h5-7H,1H2,2-4H3;6H,3-5H2,1-2H3/b9-7-;. The molecule has 0 unspecified atom stereocenters. The third kappa shape index (κ3) is 19.5. The molecule has 1 N–H and O–H groups in total. The molecule has 0 spiro atoms. The molecule has 1 heteroatoms. The van der Waals surface area contributed by atoms with E-state index in [1.54, 1.807) is 0 Å². The molecule has 0 aliphatic carbocycles. The van der Waals surface area contributed by atoms with Crippen LogP contribution in [0.3, 0.4) is 0 Å². The van der Waals surface area contributed by atoms with Crippen molar-refractivity contribution in [1.29, 1.82) is 0 Å². The quantitative estimate of drug-likeness (QED) is 0.531. The van der Waals surface area contributed by atoms with Gasteiger partial charge in [-0.05, 0) is 40.8 Å². The van der Waals surface area contributed by atoms with Gasteiger partial charge in [0.2, 0.25) is 0 Å². The lowest BCUT2D eigenvalue weighted by Crippen LogP contribution is -2.06. The van der Waals surface area contributed by atoms with E-state index in [4.69, 9.17) is 0 Å². The van der Waals surface area contributed by atoms with E-state index in [2.05, 4.69) is 44.8 Å². The van der Waals surface area contributed by atoms with Crippen LogP contribution in [0.2, 0.25) is 0 Å². The van der Waals surface area contributed by atoms with Crippen LogP contribution in [-0.2, 0) is 0 Å². The van der Waals surface area contributed by atoms with Gasteiger partial charge in [0.15, 0.2) is 0 Å². The normalized spacial score (nSPS) is 10.1. The predicted octanol–water partition coefficient (Wildman–Crippen LogP) is 4.09. The molecular formula is C14H27N. The Kier molecular flexibility index (Phi) is 14.6. The van der Waals surface area contributed by atoms with Gasteiger partial charge in [0.25, 0.3) is 0 Å². The van der Waals surface area contributed by atoms with Crippen molar-refractivity contribution in [2.24, 2.45) is 0 Å². The Morgan fingerprint density at radius 3 is 2.07 bits per heavy atom. The van der Waals surface area contributed by atoms with Gasteiger partial charge in [0.05, 0.1) is 0 Å². The molecule has 0 aromatic rings. The Morgan fingerprint density at radius 2 is 1.80 bits per heavy atom. The first-order chi connectivity index (χ1) is 7.08. The Morgan fingerprint density at radius 1 is 1.20 bits per heavy atom. The van der Waals surface area contributed by atoms with Crippen LogP contribution in [0.4, 0.5) is 0 Å². The monoisotopic (exact) mass is 209 g/mol. The Balaban J connectivity index is 0. The molecule has 0 aliphatic rings. The maximum absolute atomic E-state index is 3.64. The summed E-state index contributed by atoms with van der Waals surface area (Å²) in [6.45, 7) is 13.2. The number of nitrogens with one attached hydrogen (secondary N) is 1. The van der Waals surface area contributed by atoms with Crippen molar-refractivity contribution in [3.8, 4) is 0 Å². The summed E-state index contributed by atoms with van der Waals surface area (Å²) >= 11 is 0. The zero-order valence-electron chi connectivity index (χ0n) is 11.1. The molecule has 0 amide bonds. The average molecular weight is 209 g/mol. The summed E-state index contributed by atoms with van der Waals surface area (Å²) in [5, 5.41) is 3.07. The summed E-state index contributed by atoms with van der Waals surface area (Å²) in [6.07, 6.45) is 8.58. The summed E-state index contributed by atoms with van der Waals surface area (Å²) in [5.74, 6) is 0. The summed E-state index contributed by atoms with van der Waals surface area (Å²) in [4.78, 5) is 0. The van der Waals surface area contributed by atoms with Gasteiger partial charge in [0.1, 0.15) is 0 Å². The lowest BCUT2D eigenvalue weighted by molar-refractivity contribution is 0.711. The second-order valence-corrected chi connectivity index (χ2v) is 3.82. The lowest BCUT2D eigenvalue weighted by atomic mass is 10.2. The van der Waals surface area contributed by atoms with Gasteiger partial charge in [-0.3, -0.25) is 0 Å². The van der Waals surface area contributed by atoms with Gasteiger partial charge in [-0.25, -0.2) is 0 Å². The third-order valence-corrected chi connectivity index (χ3v) is 1.78. The van der Waals surface area contributed by atoms with E-state index in [1.807, 2.05) is 20.0 Å². The predicted molar refractivity (Wildman–Crippen MR) is 72.2 cm³/mol. The molecule has 0 aromatic carbocycles. The highest BCUT2D eigenvalue weighted by atomic mass is 14.8. The number of hydrogen-bond acceptors (Lipinski definition) is 1. The minimum absolute atomic E-state index is 1.16. The summed E-state index contributed by atoms with van der Waals surface area (Å²) in [6, 6.07) is 0. The topological polar surface area (TPSA) is 12.0 Å². The Bertz CT molecular complexity index is 191. The molecule has 88 valence electrons. The van der Waals surface area contributed by atoms with Crippen molar-refractivity contribution in [3.05, 3.63) is 36.0 Å². The van der Waals surface area contributed by atoms with Crippen molar-refractivity contribution < 1.29 is 0 Å². The maximum atomic E-state index is 3.64. The molecule has 0 atom stereocenters. The van der Waals surface area contributed by atoms with Gasteiger partial charge < -0.3 is 5.32 Å². The minimum atomic E-state index is 1.16. The van der Waals surface area contributed by atoms with Gasteiger partial charge in [-0.1, -0.05) is 49.3 Å². The molecule has 15 heavy (non-hydrogen) atoms. The van der Waals surface area contributed by atoms with E-state index >= 15 is 0 Å². The van der Waals surface area contributed by atoms with Crippen LogP contribution in [0, 0.1) is 0 Å². The Hall–Kier alpha value is -0.820. The van der Waals surface area contributed by atoms with Crippen LogP contribution in [0.15, 0.2) is 36.0 Å². The fourth-order valence-electron chi connectivity index (χ4n) is 0.720. The van der Waals surface area contributed by atoms with E-state index in [1.165, 1.54) is 24.0 Å². The van der Waals surface area contributed by atoms with Crippen LogP contribution in [0.1, 0.15) is 40.5 Å². The van der Waals surface area contributed by atoms with Crippen molar-refractivity contribution in [3.63, 3.8) is 0 Å². The lowest BCUT2D eigenvalue weighted by Gasteiger charge is -1.89. The van der Waals surface area contributed by atoms with Crippen molar-refractivity contribution in [2.75, 3.05) is 13.6 Å². The molecule has 0 fully saturated rings. The molecule has 0 radical (unpaired) electrons.